The number of hydrogen-bond acceptors (Lipinski definition) is 8. The molecular weight excluding hydrogens is 320 g/mol. The van der Waals surface area contributed by atoms with Gasteiger partial charge in [-0.05, 0) is 32.9 Å². The molecule has 1 heterocycles. The van der Waals surface area contributed by atoms with Crippen LogP contribution >= 0.6 is 0 Å². The first-order chi connectivity index (χ1) is 11.2. The van der Waals surface area contributed by atoms with Gasteiger partial charge in [-0.3, -0.25) is 4.79 Å². The molecule has 1 aliphatic heterocycles. The van der Waals surface area contributed by atoms with Crippen LogP contribution in [0.3, 0.4) is 0 Å². The smallest absolute Gasteiger partial charge is 0.330 e. The third kappa shape index (κ3) is 6.93. The largest absolute Gasteiger partial charge is 0.459 e. The highest BCUT2D eigenvalue weighted by Crippen LogP contribution is 2.08. The van der Waals surface area contributed by atoms with Gasteiger partial charge in [0.1, 0.15) is 30.5 Å². The van der Waals surface area contributed by atoms with Gasteiger partial charge in [-0.1, -0.05) is 0 Å². The molecule has 134 valence electrons. The molecular formula is C16H22O8. The zero-order valence-corrected chi connectivity index (χ0v) is 13.7. The molecule has 5 atom stereocenters. The van der Waals surface area contributed by atoms with E-state index in [1.54, 1.807) is 0 Å². The minimum Gasteiger partial charge on any atom is -0.459 e. The fraction of sp³-hybridized carbons (Fsp3) is 0.562. The summed E-state index contributed by atoms with van der Waals surface area (Å²) in [5, 5.41) is 19.6. The predicted octanol–water partition coefficient (Wildman–Crippen LogP) is 0.0194. The first-order valence-corrected chi connectivity index (χ1v) is 7.52. The van der Waals surface area contributed by atoms with E-state index < -0.39 is 48.4 Å². The van der Waals surface area contributed by atoms with E-state index in [1.165, 1.54) is 20.8 Å². The topological polar surface area (TPSA) is 119 Å². The molecule has 0 amide bonds. The Kier molecular flexibility index (Phi) is 7.60. The highest BCUT2D eigenvalue weighted by molar-refractivity contribution is 5.83. The fourth-order valence-electron chi connectivity index (χ4n) is 1.80. The first kappa shape index (κ1) is 19.9. The quantitative estimate of drug-likeness (QED) is 0.467. The van der Waals surface area contributed by atoms with E-state index in [4.69, 9.17) is 14.2 Å². The van der Waals surface area contributed by atoms with E-state index in [-0.39, 0.29) is 6.42 Å². The third-order valence-electron chi connectivity index (χ3n) is 3.21. The number of aliphatic hydroxyl groups is 2. The Morgan fingerprint density at radius 2 is 1.29 bits per heavy atom. The Balaban J connectivity index is 2.91. The van der Waals surface area contributed by atoms with Gasteiger partial charge >= 0.3 is 17.9 Å². The summed E-state index contributed by atoms with van der Waals surface area (Å²) in [7, 11) is 0. The van der Waals surface area contributed by atoms with Crippen molar-refractivity contribution < 1.29 is 38.8 Å². The molecule has 0 saturated carbocycles. The molecule has 0 aromatic rings. The molecule has 0 fully saturated rings. The van der Waals surface area contributed by atoms with Gasteiger partial charge in [0, 0.05) is 12.2 Å². The van der Waals surface area contributed by atoms with Crippen molar-refractivity contribution >= 4 is 17.9 Å². The van der Waals surface area contributed by atoms with E-state index in [9.17, 15) is 24.6 Å². The zero-order chi connectivity index (χ0) is 18.3. The second-order valence-electron chi connectivity index (χ2n) is 5.49. The Morgan fingerprint density at radius 3 is 1.83 bits per heavy atom. The van der Waals surface area contributed by atoms with Gasteiger partial charge < -0.3 is 24.4 Å². The molecule has 0 spiro atoms. The molecule has 0 aliphatic carbocycles. The van der Waals surface area contributed by atoms with Crippen LogP contribution in [0.4, 0.5) is 0 Å². The van der Waals surface area contributed by atoms with Gasteiger partial charge in [0.2, 0.25) is 0 Å². The fourth-order valence-corrected chi connectivity index (χ4v) is 1.80. The maximum Gasteiger partial charge on any atom is 0.330 e. The molecule has 8 heteroatoms. The van der Waals surface area contributed by atoms with Crippen LogP contribution in [-0.2, 0) is 28.6 Å². The van der Waals surface area contributed by atoms with Crippen LogP contribution in [0.25, 0.3) is 0 Å². The minimum absolute atomic E-state index is 0.193. The highest BCUT2D eigenvalue weighted by atomic mass is 16.6. The Bertz CT molecular complexity index is 524. The first-order valence-electron chi connectivity index (χ1n) is 7.52. The van der Waals surface area contributed by atoms with Crippen LogP contribution in [0.1, 0.15) is 27.2 Å². The predicted molar refractivity (Wildman–Crippen MR) is 81.6 cm³/mol. The Morgan fingerprint density at radius 1 is 0.833 bits per heavy atom. The van der Waals surface area contributed by atoms with E-state index in [1.807, 2.05) is 0 Å². The van der Waals surface area contributed by atoms with Crippen molar-refractivity contribution in [2.75, 3.05) is 0 Å². The number of ether oxygens (including phenoxy) is 3. The Hall–Kier alpha value is -2.19. The number of carbonyl (C=O) groups excluding carboxylic acids is 3. The van der Waals surface area contributed by atoms with Crippen LogP contribution < -0.4 is 0 Å². The molecule has 0 saturated heterocycles. The van der Waals surface area contributed by atoms with E-state index in [2.05, 4.69) is 0 Å². The molecule has 1 aliphatic rings. The maximum atomic E-state index is 11.7. The van der Waals surface area contributed by atoms with Crippen molar-refractivity contribution in [3.8, 4) is 0 Å². The van der Waals surface area contributed by atoms with E-state index in [0.717, 1.165) is 24.3 Å². The molecule has 24 heavy (non-hydrogen) atoms. The molecule has 0 radical (unpaired) electrons. The number of esters is 3. The summed E-state index contributed by atoms with van der Waals surface area (Å²) in [4.78, 5) is 34.9. The molecule has 0 aromatic carbocycles. The van der Waals surface area contributed by atoms with Crippen molar-refractivity contribution in [2.24, 2.45) is 0 Å². The zero-order valence-electron chi connectivity index (χ0n) is 13.7. The number of cyclic esters (lactones) is 3. The summed E-state index contributed by atoms with van der Waals surface area (Å²) in [6, 6.07) is 0. The molecule has 0 bridgehead atoms. The summed E-state index contributed by atoms with van der Waals surface area (Å²) in [5.74, 6) is -2.22. The van der Waals surface area contributed by atoms with E-state index >= 15 is 0 Å². The molecule has 1 unspecified atom stereocenters. The highest BCUT2D eigenvalue weighted by Gasteiger charge is 2.21. The number of carbonyl (C=O) groups is 3. The van der Waals surface area contributed by atoms with Gasteiger partial charge in [-0.25, -0.2) is 9.59 Å². The number of rotatable bonds is 0. The summed E-state index contributed by atoms with van der Waals surface area (Å²) < 4.78 is 14.9. The molecule has 0 aromatic heterocycles. The van der Waals surface area contributed by atoms with Crippen molar-refractivity contribution in [3.05, 3.63) is 24.3 Å². The minimum atomic E-state index is -1.22. The standard InChI is InChI=1S/C16H22O8/c1-9-8-16(21)24-11(3)13(18)5-7-15(20)23-10(2)12(17)4-6-14(19)22-9/h4-7,9-13,17-18H,8H2,1-3H3/b6-4+,7-5+/t9?,10-,11-,12+,13+/m1/s1. The summed E-state index contributed by atoms with van der Waals surface area (Å²) in [5.41, 5.74) is 0. The maximum absolute atomic E-state index is 11.7. The second-order valence-corrected chi connectivity index (χ2v) is 5.49. The Labute approximate surface area is 139 Å². The van der Waals surface area contributed by atoms with Gasteiger partial charge in [0.05, 0.1) is 6.42 Å². The van der Waals surface area contributed by atoms with Gasteiger partial charge in [-0.2, -0.15) is 0 Å². The lowest BCUT2D eigenvalue weighted by atomic mass is 10.2. The average Bonchev–Trinajstić information content (AvgIpc) is 2.48. The molecule has 8 nitrogen and oxygen atoms in total. The summed E-state index contributed by atoms with van der Waals surface area (Å²) >= 11 is 0. The van der Waals surface area contributed by atoms with Crippen LogP contribution in [0.5, 0.6) is 0 Å². The van der Waals surface area contributed by atoms with Crippen LogP contribution in [0.2, 0.25) is 0 Å². The third-order valence-corrected chi connectivity index (χ3v) is 3.21. The van der Waals surface area contributed by atoms with Gasteiger partial charge in [0.25, 0.3) is 0 Å². The van der Waals surface area contributed by atoms with Crippen LogP contribution in [0.15, 0.2) is 24.3 Å². The van der Waals surface area contributed by atoms with Gasteiger partial charge in [-0.15, -0.1) is 0 Å². The summed E-state index contributed by atoms with van der Waals surface area (Å²) in [6.45, 7) is 4.41. The van der Waals surface area contributed by atoms with Crippen LogP contribution in [-0.4, -0.2) is 58.6 Å². The van der Waals surface area contributed by atoms with Crippen molar-refractivity contribution in [1.29, 1.82) is 0 Å². The van der Waals surface area contributed by atoms with Gasteiger partial charge in [0.15, 0.2) is 0 Å². The molecule has 1 rings (SSSR count). The monoisotopic (exact) mass is 342 g/mol. The van der Waals surface area contributed by atoms with Crippen molar-refractivity contribution in [1.82, 2.24) is 0 Å². The normalized spacial score (nSPS) is 36.2. The molecule has 2 N–H and O–H groups in total. The second kappa shape index (κ2) is 9.19. The summed E-state index contributed by atoms with van der Waals surface area (Å²) in [6.07, 6.45) is -0.961. The van der Waals surface area contributed by atoms with Crippen LogP contribution in [0, 0.1) is 0 Å². The average molecular weight is 342 g/mol. The van der Waals surface area contributed by atoms with E-state index in [0.29, 0.717) is 0 Å². The lowest BCUT2D eigenvalue weighted by Crippen LogP contribution is -2.30. The number of aliphatic hydroxyl groups excluding tert-OH is 2. The SMILES string of the molecule is CC1CC(=O)O[C@H](C)[C@@H](O)/C=C/C(=O)O[C@H](C)[C@@H](O)/C=C/C(=O)O1. The van der Waals surface area contributed by atoms with Crippen molar-refractivity contribution in [2.45, 2.75) is 57.7 Å². The number of hydrogen-bond donors (Lipinski definition) is 2. The lowest BCUT2D eigenvalue weighted by Gasteiger charge is -2.19. The lowest BCUT2D eigenvalue weighted by molar-refractivity contribution is -0.157. The van der Waals surface area contributed by atoms with Crippen molar-refractivity contribution in [3.63, 3.8) is 0 Å².